The van der Waals surface area contributed by atoms with Gasteiger partial charge in [0.25, 0.3) is 0 Å². The third kappa shape index (κ3) is 3.87. The van der Waals surface area contributed by atoms with Gasteiger partial charge in [0, 0.05) is 26.9 Å². The zero-order valence-corrected chi connectivity index (χ0v) is 14.0. The van der Waals surface area contributed by atoms with Crippen LogP contribution in [0.2, 0.25) is 0 Å². The first-order valence-corrected chi connectivity index (χ1v) is 7.97. The lowest BCUT2D eigenvalue weighted by molar-refractivity contribution is -0.129. The van der Waals surface area contributed by atoms with Gasteiger partial charge >= 0.3 is 0 Å². The molecule has 2 rings (SSSR count). The summed E-state index contributed by atoms with van der Waals surface area (Å²) in [4.78, 5) is 25.2. The van der Waals surface area contributed by atoms with Crippen molar-refractivity contribution >= 4 is 11.8 Å². The molecule has 0 radical (unpaired) electrons. The topological polar surface area (TPSA) is 49.4 Å². The summed E-state index contributed by atoms with van der Waals surface area (Å²) in [5.74, 6) is 0.532. The molecule has 0 saturated carbocycles. The highest BCUT2D eigenvalue weighted by Gasteiger charge is 2.30. The molecule has 0 unspecified atom stereocenters. The van der Waals surface area contributed by atoms with Crippen molar-refractivity contribution in [1.29, 1.82) is 0 Å². The van der Waals surface area contributed by atoms with Crippen LogP contribution in [-0.2, 0) is 16.0 Å². The van der Waals surface area contributed by atoms with Crippen molar-refractivity contribution in [3.05, 3.63) is 34.9 Å². The summed E-state index contributed by atoms with van der Waals surface area (Å²) in [6, 6.07) is 6.58. The maximum atomic E-state index is 12.2. The van der Waals surface area contributed by atoms with Gasteiger partial charge in [-0.05, 0) is 36.8 Å². The number of benzene rings is 1. The zero-order chi connectivity index (χ0) is 16.3. The first kappa shape index (κ1) is 16.5. The van der Waals surface area contributed by atoms with Gasteiger partial charge in [-0.3, -0.25) is 9.59 Å². The van der Waals surface area contributed by atoms with Gasteiger partial charge in [-0.1, -0.05) is 30.7 Å². The van der Waals surface area contributed by atoms with Crippen LogP contribution < -0.4 is 5.32 Å². The van der Waals surface area contributed by atoms with E-state index in [9.17, 15) is 9.59 Å². The van der Waals surface area contributed by atoms with Crippen molar-refractivity contribution in [3.8, 4) is 0 Å². The lowest BCUT2D eigenvalue weighted by Crippen LogP contribution is -2.30. The van der Waals surface area contributed by atoms with Crippen LogP contribution in [0.5, 0.6) is 0 Å². The highest BCUT2D eigenvalue weighted by molar-refractivity contribution is 5.79. The largest absolute Gasteiger partial charge is 0.349 e. The molecule has 120 valence electrons. The Labute approximate surface area is 132 Å². The van der Waals surface area contributed by atoms with E-state index in [4.69, 9.17) is 0 Å². The summed E-state index contributed by atoms with van der Waals surface area (Å²) in [5.41, 5.74) is 3.82. The highest BCUT2D eigenvalue weighted by atomic mass is 16.2. The van der Waals surface area contributed by atoms with Gasteiger partial charge in [-0.15, -0.1) is 0 Å². The number of hydrogen-bond donors (Lipinski definition) is 1. The average Bonchev–Trinajstić information content (AvgIpc) is 2.74. The molecule has 1 aliphatic rings. The summed E-state index contributed by atoms with van der Waals surface area (Å²) >= 11 is 0. The minimum Gasteiger partial charge on any atom is -0.349 e. The molecule has 4 heteroatoms. The first-order valence-electron chi connectivity index (χ1n) is 7.97. The van der Waals surface area contributed by atoms with Crippen LogP contribution in [0.15, 0.2) is 18.2 Å². The highest BCUT2D eigenvalue weighted by Crippen LogP contribution is 2.36. The van der Waals surface area contributed by atoms with Gasteiger partial charge in [0.2, 0.25) is 11.8 Å². The van der Waals surface area contributed by atoms with Gasteiger partial charge in [-0.2, -0.15) is 0 Å². The Morgan fingerprint density at radius 1 is 1.27 bits per heavy atom. The Hall–Kier alpha value is -1.84. The molecule has 0 bridgehead atoms. The quantitative estimate of drug-likeness (QED) is 0.909. The van der Waals surface area contributed by atoms with E-state index in [2.05, 4.69) is 37.4 Å². The normalized spacial score (nSPS) is 19.6. The summed E-state index contributed by atoms with van der Waals surface area (Å²) < 4.78 is 0. The van der Waals surface area contributed by atoms with Gasteiger partial charge < -0.3 is 10.2 Å². The van der Waals surface area contributed by atoms with Gasteiger partial charge in [-0.25, -0.2) is 0 Å². The molecular formula is C18H26N2O2. The van der Waals surface area contributed by atoms with Crippen LogP contribution in [0.1, 0.15) is 48.9 Å². The number of fused-ring (bicyclic) bond motifs is 1. The molecule has 0 fully saturated rings. The van der Waals surface area contributed by atoms with E-state index in [-0.39, 0.29) is 17.9 Å². The van der Waals surface area contributed by atoms with Crippen LogP contribution in [-0.4, -0.2) is 30.8 Å². The van der Waals surface area contributed by atoms with Crippen molar-refractivity contribution in [2.45, 2.75) is 45.6 Å². The molecule has 1 aliphatic carbocycles. The monoisotopic (exact) mass is 302 g/mol. The number of carbonyl (C=O) groups is 2. The number of carbonyl (C=O) groups excluding carboxylic acids is 2. The minimum absolute atomic E-state index is 0.0396. The number of nitrogens with zero attached hydrogens (tertiary/aromatic N) is 1. The average molecular weight is 302 g/mol. The Morgan fingerprint density at radius 3 is 2.68 bits per heavy atom. The lowest BCUT2D eigenvalue weighted by Gasteiger charge is -2.19. The van der Waals surface area contributed by atoms with Crippen molar-refractivity contribution in [2.24, 2.45) is 5.92 Å². The van der Waals surface area contributed by atoms with E-state index in [1.165, 1.54) is 16.7 Å². The van der Waals surface area contributed by atoms with Crippen LogP contribution in [0.4, 0.5) is 0 Å². The smallest absolute Gasteiger partial charge is 0.222 e. The van der Waals surface area contributed by atoms with Crippen LogP contribution in [0.25, 0.3) is 0 Å². The van der Waals surface area contributed by atoms with Gasteiger partial charge in [0.15, 0.2) is 0 Å². The molecule has 0 heterocycles. The molecule has 0 saturated heterocycles. The van der Waals surface area contributed by atoms with Crippen molar-refractivity contribution < 1.29 is 9.59 Å². The van der Waals surface area contributed by atoms with E-state index >= 15 is 0 Å². The fourth-order valence-electron chi connectivity index (χ4n) is 3.05. The van der Waals surface area contributed by atoms with Crippen LogP contribution >= 0.6 is 0 Å². The lowest BCUT2D eigenvalue weighted by atomic mass is 10.0. The molecule has 1 N–H and O–H groups in total. The van der Waals surface area contributed by atoms with Crippen molar-refractivity contribution in [3.63, 3.8) is 0 Å². The summed E-state index contributed by atoms with van der Waals surface area (Å²) in [7, 11) is 3.48. The van der Waals surface area contributed by atoms with E-state index in [0.717, 1.165) is 6.42 Å². The molecule has 0 spiro atoms. The van der Waals surface area contributed by atoms with E-state index in [0.29, 0.717) is 25.2 Å². The third-order valence-electron chi connectivity index (χ3n) is 4.36. The Balaban J connectivity index is 1.90. The standard InChI is InChI=1S/C18H26N2O2/c1-12-8-9-14-11-13(2)18(15(14)10-12)19-16(21)6-5-7-17(22)20(3)4/h8-10,13,18H,5-7,11H2,1-4H3,(H,19,21)/t13-,18-/m0/s1. The molecule has 1 aromatic rings. The molecule has 4 nitrogen and oxygen atoms in total. The molecule has 2 atom stereocenters. The Bertz CT molecular complexity index is 566. The Morgan fingerprint density at radius 2 is 2.00 bits per heavy atom. The van der Waals surface area contributed by atoms with Crippen LogP contribution in [0.3, 0.4) is 0 Å². The van der Waals surface area contributed by atoms with E-state index in [1.807, 2.05) is 0 Å². The van der Waals surface area contributed by atoms with Crippen LogP contribution in [0, 0.1) is 12.8 Å². The fraction of sp³-hybridized carbons (Fsp3) is 0.556. The van der Waals surface area contributed by atoms with E-state index in [1.54, 1.807) is 19.0 Å². The minimum atomic E-state index is 0.0396. The molecular weight excluding hydrogens is 276 g/mol. The zero-order valence-electron chi connectivity index (χ0n) is 14.0. The second-order valence-electron chi connectivity index (χ2n) is 6.57. The Kier molecular flexibility index (Phi) is 5.22. The SMILES string of the molecule is Cc1ccc2c(c1)[C@@H](NC(=O)CCCC(=O)N(C)C)[C@@H](C)C2. The predicted octanol–water partition coefficient (Wildman–Crippen LogP) is 2.60. The number of amides is 2. The van der Waals surface area contributed by atoms with E-state index < -0.39 is 0 Å². The fourth-order valence-corrected chi connectivity index (χ4v) is 3.05. The molecule has 1 aromatic carbocycles. The molecule has 2 amide bonds. The van der Waals surface area contributed by atoms with Crippen molar-refractivity contribution in [1.82, 2.24) is 10.2 Å². The summed E-state index contributed by atoms with van der Waals surface area (Å²) in [6.45, 7) is 4.25. The van der Waals surface area contributed by atoms with Crippen molar-refractivity contribution in [2.75, 3.05) is 14.1 Å². The summed E-state index contributed by atoms with van der Waals surface area (Å²) in [5, 5.41) is 3.15. The second-order valence-corrected chi connectivity index (χ2v) is 6.57. The maximum absolute atomic E-state index is 12.2. The predicted molar refractivity (Wildman–Crippen MR) is 87.5 cm³/mol. The number of rotatable bonds is 5. The third-order valence-corrected chi connectivity index (χ3v) is 4.36. The number of hydrogen-bond acceptors (Lipinski definition) is 2. The van der Waals surface area contributed by atoms with Gasteiger partial charge in [0.05, 0.1) is 6.04 Å². The molecule has 22 heavy (non-hydrogen) atoms. The number of nitrogens with one attached hydrogen (secondary N) is 1. The molecule has 0 aliphatic heterocycles. The number of aryl methyl sites for hydroxylation is 1. The maximum Gasteiger partial charge on any atom is 0.222 e. The first-order chi connectivity index (χ1) is 10.4. The summed E-state index contributed by atoms with van der Waals surface area (Å²) in [6.07, 6.45) is 2.45. The van der Waals surface area contributed by atoms with Gasteiger partial charge in [0.1, 0.15) is 0 Å². The second kappa shape index (κ2) is 6.95. The molecule has 0 aromatic heterocycles.